The molecule has 0 saturated carbocycles. The largest absolute Gasteiger partial charge is 0.573 e. The zero-order valence-electron chi connectivity index (χ0n) is 18.4. The predicted octanol–water partition coefficient (Wildman–Crippen LogP) is 5.40. The Morgan fingerprint density at radius 3 is 2.47 bits per heavy atom. The van der Waals surface area contributed by atoms with Crippen LogP contribution in [-0.4, -0.2) is 32.2 Å². The molecule has 0 unspecified atom stereocenters. The van der Waals surface area contributed by atoms with Crippen molar-refractivity contribution in [2.45, 2.75) is 12.8 Å². The summed E-state index contributed by atoms with van der Waals surface area (Å²) < 4.78 is 41.1. The number of nitrogens with zero attached hydrogens (tertiary/aromatic N) is 4. The summed E-state index contributed by atoms with van der Waals surface area (Å²) in [6.45, 7) is 0. The van der Waals surface area contributed by atoms with E-state index in [2.05, 4.69) is 19.7 Å². The third-order valence-electron chi connectivity index (χ3n) is 5.17. The van der Waals surface area contributed by atoms with Gasteiger partial charge in [0.1, 0.15) is 10.8 Å². The number of alkyl halides is 3. The highest BCUT2D eigenvalue weighted by Crippen LogP contribution is 2.31. The van der Waals surface area contributed by atoms with E-state index in [1.54, 1.807) is 18.5 Å². The maximum Gasteiger partial charge on any atom is 0.573 e. The average molecular weight is 507 g/mol. The van der Waals surface area contributed by atoms with Crippen LogP contribution in [0.1, 0.15) is 21.1 Å². The van der Waals surface area contributed by atoms with Crippen molar-refractivity contribution in [2.75, 3.05) is 0 Å². The minimum Gasteiger partial charge on any atom is -0.406 e. The van der Waals surface area contributed by atoms with E-state index in [1.807, 2.05) is 30.3 Å². The quantitative estimate of drug-likeness (QED) is 0.330. The second-order valence-electron chi connectivity index (χ2n) is 7.65. The Kier molecular flexibility index (Phi) is 6.06. The molecule has 0 aliphatic carbocycles. The van der Waals surface area contributed by atoms with Gasteiger partial charge in [0.2, 0.25) is 0 Å². The van der Waals surface area contributed by atoms with Crippen molar-refractivity contribution in [3.05, 3.63) is 89.3 Å². The highest BCUT2D eigenvalue weighted by atomic mass is 32.1. The molecule has 0 aliphatic rings. The number of carbonyl (C=O) groups is 1. The fraction of sp³-hybridized carbons (Fsp3) is 0.0800. The van der Waals surface area contributed by atoms with Crippen LogP contribution in [0.15, 0.2) is 73.1 Å². The van der Waals surface area contributed by atoms with Crippen LogP contribution in [0.4, 0.5) is 13.2 Å². The summed E-state index contributed by atoms with van der Waals surface area (Å²) in [6, 6.07) is 16.4. The number of rotatable bonds is 6. The van der Waals surface area contributed by atoms with E-state index in [0.29, 0.717) is 33.0 Å². The molecule has 0 radical (unpaired) electrons. The number of nitrogens with two attached hydrogens (primary N) is 1. The molecule has 3 heterocycles. The van der Waals surface area contributed by atoms with Crippen molar-refractivity contribution in [1.82, 2.24) is 19.9 Å². The van der Waals surface area contributed by atoms with Gasteiger partial charge in [0, 0.05) is 34.8 Å². The lowest BCUT2D eigenvalue weighted by atomic mass is 10.1. The van der Waals surface area contributed by atoms with E-state index >= 15 is 0 Å². The topological polar surface area (TPSA) is 104 Å². The number of halogens is 3. The van der Waals surface area contributed by atoms with Gasteiger partial charge >= 0.3 is 6.36 Å². The minimum atomic E-state index is -4.76. The Labute approximate surface area is 206 Å². The first-order valence-electron chi connectivity index (χ1n) is 10.6. The van der Waals surface area contributed by atoms with Crippen molar-refractivity contribution in [1.29, 1.82) is 0 Å². The summed E-state index contributed by atoms with van der Waals surface area (Å²) in [5.41, 5.74) is 9.26. The molecule has 7 nitrogen and oxygen atoms in total. The van der Waals surface area contributed by atoms with Gasteiger partial charge in [-0.3, -0.25) is 9.78 Å². The van der Waals surface area contributed by atoms with Gasteiger partial charge in [-0.05, 0) is 42.5 Å². The number of carbonyl (C=O) groups excluding carboxylic acids is 1. The molecule has 2 aromatic carbocycles. The van der Waals surface area contributed by atoms with Gasteiger partial charge in [-0.2, -0.15) is 0 Å². The Hall–Kier alpha value is -4.38. The molecule has 0 saturated heterocycles. The number of benzene rings is 2. The first-order valence-corrected chi connectivity index (χ1v) is 11.4. The van der Waals surface area contributed by atoms with Crippen molar-refractivity contribution in [3.63, 3.8) is 0 Å². The fourth-order valence-corrected chi connectivity index (χ4v) is 4.57. The first-order chi connectivity index (χ1) is 17.3. The first kappa shape index (κ1) is 23.4. The monoisotopic (exact) mass is 507 g/mol. The molecule has 2 N–H and O–H groups in total. The molecule has 180 valence electrons. The summed E-state index contributed by atoms with van der Waals surface area (Å²) in [4.78, 5) is 30.9. The SMILES string of the molecule is NC(=O)c1nc2cccc(-c3ccccn3)c2nc1Cc1cnc(-c2ccc(OC(F)(F)F)cc2)s1. The van der Waals surface area contributed by atoms with Crippen LogP contribution in [0, 0.1) is 0 Å². The fourth-order valence-electron chi connectivity index (χ4n) is 3.65. The number of fused-ring (bicyclic) bond motifs is 1. The van der Waals surface area contributed by atoms with Crippen LogP contribution in [-0.2, 0) is 6.42 Å². The number of aromatic nitrogens is 4. The molecule has 11 heteroatoms. The Morgan fingerprint density at radius 2 is 1.78 bits per heavy atom. The van der Waals surface area contributed by atoms with E-state index in [9.17, 15) is 18.0 Å². The lowest BCUT2D eigenvalue weighted by Gasteiger charge is -2.10. The second kappa shape index (κ2) is 9.34. The summed E-state index contributed by atoms with van der Waals surface area (Å²) in [5.74, 6) is -1.02. The van der Waals surface area contributed by atoms with Crippen molar-refractivity contribution < 1.29 is 22.7 Å². The molecule has 1 amide bonds. The zero-order valence-corrected chi connectivity index (χ0v) is 19.2. The van der Waals surface area contributed by atoms with Gasteiger partial charge in [0.25, 0.3) is 5.91 Å². The van der Waals surface area contributed by atoms with Gasteiger partial charge in [-0.15, -0.1) is 24.5 Å². The number of thiazole rings is 1. The lowest BCUT2D eigenvalue weighted by Crippen LogP contribution is -2.17. The number of amides is 1. The third-order valence-corrected chi connectivity index (χ3v) is 6.22. The summed E-state index contributed by atoms with van der Waals surface area (Å²) in [7, 11) is 0. The summed E-state index contributed by atoms with van der Waals surface area (Å²) in [5, 5.41) is 0.590. The number of hydrogen-bond acceptors (Lipinski definition) is 7. The van der Waals surface area contributed by atoms with Gasteiger partial charge in [-0.1, -0.05) is 18.2 Å². The third kappa shape index (κ3) is 5.01. The minimum absolute atomic E-state index is 0.0595. The molecule has 5 aromatic rings. The number of para-hydroxylation sites is 1. The van der Waals surface area contributed by atoms with Crippen LogP contribution in [0.25, 0.3) is 32.9 Å². The van der Waals surface area contributed by atoms with Crippen LogP contribution in [0.3, 0.4) is 0 Å². The number of ether oxygens (including phenoxy) is 1. The molecule has 0 spiro atoms. The molecule has 0 bridgehead atoms. The standard InChI is InChI=1S/C25H16F3N5O2S/c26-25(27,28)35-15-9-7-14(8-10-15)24-31-13-16(36-24)12-20-22(23(29)34)32-19-6-3-4-17(21(19)33-20)18-5-1-2-11-30-18/h1-11,13H,12H2,(H2,29,34). The van der Waals surface area contributed by atoms with E-state index in [0.717, 1.165) is 10.4 Å². The van der Waals surface area contributed by atoms with Gasteiger partial charge < -0.3 is 10.5 Å². The van der Waals surface area contributed by atoms with Crippen LogP contribution in [0.5, 0.6) is 5.75 Å². The van der Waals surface area contributed by atoms with E-state index < -0.39 is 12.3 Å². The number of hydrogen-bond donors (Lipinski definition) is 1. The molecular weight excluding hydrogens is 491 g/mol. The molecular formula is C25H16F3N5O2S. The van der Waals surface area contributed by atoms with E-state index in [-0.39, 0.29) is 17.9 Å². The molecule has 0 atom stereocenters. The van der Waals surface area contributed by atoms with Crippen LogP contribution >= 0.6 is 11.3 Å². The second-order valence-corrected chi connectivity index (χ2v) is 8.77. The Bertz CT molecular complexity index is 1550. The highest BCUT2D eigenvalue weighted by molar-refractivity contribution is 7.15. The lowest BCUT2D eigenvalue weighted by molar-refractivity contribution is -0.274. The summed E-state index contributed by atoms with van der Waals surface area (Å²) >= 11 is 1.32. The van der Waals surface area contributed by atoms with Crippen molar-refractivity contribution in [2.24, 2.45) is 5.73 Å². The summed E-state index contributed by atoms with van der Waals surface area (Å²) in [6.07, 6.45) is -1.21. The molecule has 0 fully saturated rings. The average Bonchev–Trinajstić information content (AvgIpc) is 3.31. The van der Waals surface area contributed by atoms with Crippen LogP contribution in [0.2, 0.25) is 0 Å². The Balaban J connectivity index is 1.48. The zero-order chi connectivity index (χ0) is 25.3. The molecule has 0 aliphatic heterocycles. The van der Waals surface area contributed by atoms with Crippen LogP contribution < -0.4 is 10.5 Å². The van der Waals surface area contributed by atoms with Gasteiger partial charge in [0.15, 0.2) is 5.69 Å². The van der Waals surface area contributed by atoms with E-state index in [1.165, 1.54) is 35.6 Å². The predicted molar refractivity (Wildman–Crippen MR) is 128 cm³/mol. The maximum atomic E-state index is 12.4. The van der Waals surface area contributed by atoms with E-state index in [4.69, 9.17) is 10.7 Å². The van der Waals surface area contributed by atoms with Gasteiger partial charge in [-0.25, -0.2) is 15.0 Å². The van der Waals surface area contributed by atoms with Gasteiger partial charge in [0.05, 0.1) is 22.4 Å². The normalized spacial score (nSPS) is 11.5. The smallest absolute Gasteiger partial charge is 0.406 e. The number of pyridine rings is 1. The van der Waals surface area contributed by atoms with Crippen molar-refractivity contribution >= 4 is 28.3 Å². The Morgan fingerprint density at radius 1 is 0.972 bits per heavy atom. The molecule has 3 aromatic heterocycles. The highest BCUT2D eigenvalue weighted by Gasteiger charge is 2.31. The molecule has 5 rings (SSSR count). The molecule has 36 heavy (non-hydrogen) atoms. The maximum absolute atomic E-state index is 12.4. The van der Waals surface area contributed by atoms with Crippen molar-refractivity contribution in [3.8, 4) is 27.6 Å². The number of primary amides is 1.